The molecule has 0 radical (unpaired) electrons. The normalized spacial score (nSPS) is 12.9. The molecular formula is C20H25N2O3+. The molecule has 4 N–H and O–H groups in total. The van der Waals surface area contributed by atoms with Gasteiger partial charge in [0.05, 0.1) is 6.61 Å². The van der Waals surface area contributed by atoms with Crippen LogP contribution in [0, 0.1) is 0 Å². The highest BCUT2D eigenvalue weighted by molar-refractivity contribution is 5.87. The topological polar surface area (TPSA) is 83.0 Å². The van der Waals surface area contributed by atoms with E-state index in [1.807, 2.05) is 60.7 Å². The molecular weight excluding hydrogens is 316 g/mol. The first-order chi connectivity index (χ1) is 12.1. The minimum atomic E-state index is -0.713. The smallest absolute Gasteiger partial charge is 0.328 e. The first-order valence-corrected chi connectivity index (χ1v) is 8.48. The molecule has 5 heteroatoms. The lowest BCUT2D eigenvalue weighted by atomic mass is 10.0. The van der Waals surface area contributed by atoms with Crippen molar-refractivity contribution in [2.24, 2.45) is 0 Å². The highest BCUT2D eigenvalue weighted by atomic mass is 16.5. The summed E-state index contributed by atoms with van der Waals surface area (Å²) in [5.74, 6) is -0.676. The van der Waals surface area contributed by atoms with Gasteiger partial charge in [0.2, 0.25) is 0 Å². The lowest BCUT2D eigenvalue weighted by Gasteiger charge is -2.19. The van der Waals surface area contributed by atoms with Crippen LogP contribution in [0.4, 0.5) is 0 Å². The zero-order valence-corrected chi connectivity index (χ0v) is 14.5. The van der Waals surface area contributed by atoms with Crippen LogP contribution in [0.5, 0.6) is 0 Å². The van der Waals surface area contributed by atoms with Crippen molar-refractivity contribution in [1.29, 1.82) is 0 Å². The summed E-state index contributed by atoms with van der Waals surface area (Å²) in [6, 6.07) is 18.1. The summed E-state index contributed by atoms with van der Waals surface area (Å²) in [6.45, 7) is 2.02. The SMILES string of the molecule is CCOC(=O)C(Cc1ccccc1)NC(=O)C([NH3+])Cc1ccccc1. The van der Waals surface area contributed by atoms with E-state index in [1.54, 1.807) is 6.92 Å². The summed E-state index contributed by atoms with van der Waals surface area (Å²) >= 11 is 0. The van der Waals surface area contributed by atoms with Crippen LogP contribution in [0.25, 0.3) is 0 Å². The largest absolute Gasteiger partial charge is 0.464 e. The minimum Gasteiger partial charge on any atom is -0.464 e. The van der Waals surface area contributed by atoms with Crippen LogP contribution < -0.4 is 11.1 Å². The molecule has 0 aliphatic carbocycles. The molecule has 5 nitrogen and oxygen atoms in total. The quantitative estimate of drug-likeness (QED) is 0.706. The van der Waals surface area contributed by atoms with E-state index in [1.165, 1.54) is 0 Å². The Balaban J connectivity index is 2.01. The molecule has 0 spiro atoms. The molecule has 2 atom stereocenters. The third kappa shape index (κ3) is 6.04. The van der Waals surface area contributed by atoms with E-state index in [0.717, 1.165) is 11.1 Å². The van der Waals surface area contributed by atoms with Crippen LogP contribution in [0.1, 0.15) is 18.1 Å². The Bertz CT molecular complexity index is 674. The van der Waals surface area contributed by atoms with Crippen LogP contribution in [-0.4, -0.2) is 30.6 Å². The van der Waals surface area contributed by atoms with Gasteiger partial charge in [-0.15, -0.1) is 0 Å². The van der Waals surface area contributed by atoms with Gasteiger partial charge in [0, 0.05) is 12.8 Å². The molecule has 0 saturated carbocycles. The molecule has 0 heterocycles. The summed E-state index contributed by atoms with van der Waals surface area (Å²) in [6.07, 6.45) is 0.914. The molecule has 25 heavy (non-hydrogen) atoms. The van der Waals surface area contributed by atoms with Crippen molar-refractivity contribution in [3.63, 3.8) is 0 Å². The van der Waals surface area contributed by atoms with Crippen LogP contribution >= 0.6 is 0 Å². The van der Waals surface area contributed by atoms with E-state index in [-0.39, 0.29) is 12.5 Å². The van der Waals surface area contributed by atoms with Crippen LogP contribution in [0.2, 0.25) is 0 Å². The molecule has 0 aliphatic rings. The fourth-order valence-electron chi connectivity index (χ4n) is 2.57. The van der Waals surface area contributed by atoms with Gasteiger partial charge in [0.25, 0.3) is 5.91 Å². The van der Waals surface area contributed by atoms with Gasteiger partial charge >= 0.3 is 5.97 Å². The lowest BCUT2D eigenvalue weighted by molar-refractivity contribution is -0.403. The fraction of sp³-hybridized carbons (Fsp3) is 0.300. The number of quaternary nitrogens is 1. The second-order valence-corrected chi connectivity index (χ2v) is 5.89. The monoisotopic (exact) mass is 341 g/mol. The van der Waals surface area contributed by atoms with E-state index < -0.39 is 18.1 Å². The van der Waals surface area contributed by atoms with Crippen molar-refractivity contribution >= 4 is 11.9 Å². The molecule has 0 bridgehead atoms. The summed E-state index contributed by atoms with van der Waals surface area (Å²) in [5.41, 5.74) is 5.93. The third-order valence-electron chi connectivity index (χ3n) is 3.87. The summed E-state index contributed by atoms with van der Waals surface area (Å²) in [4.78, 5) is 24.7. The maximum Gasteiger partial charge on any atom is 0.328 e. The molecule has 2 aromatic carbocycles. The van der Waals surface area contributed by atoms with E-state index in [9.17, 15) is 9.59 Å². The van der Waals surface area contributed by atoms with Crippen molar-refractivity contribution in [2.45, 2.75) is 31.8 Å². The van der Waals surface area contributed by atoms with Crippen LogP contribution in [0.15, 0.2) is 60.7 Å². The Labute approximate surface area is 148 Å². The Kier molecular flexibility index (Phi) is 7.16. The molecule has 0 aliphatic heterocycles. The summed E-state index contributed by atoms with van der Waals surface area (Å²) in [7, 11) is 0. The van der Waals surface area contributed by atoms with Gasteiger partial charge in [-0.05, 0) is 18.1 Å². The molecule has 0 aromatic heterocycles. The van der Waals surface area contributed by atoms with Crippen LogP contribution in [0.3, 0.4) is 0 Å². The predicted molar refractivity (Wildman–Crippen MR) is 95.5 cm³/mol. The van der Waals surface area contributed by atoms with Crippen molar-refractivity contribution in [1.82, 2.24) is 5.32 Å². The Morgan fingerprint density at radius 1 is 0.960 bits per heavy atom. The highest BCUT2D eigenvalue weighted by Crippen LogP contribution is 2.06. The first kappa shape index (κ1) is 18.7. The molecule has 2 rings (SSSR count). The number of esters is 1. The molecule has 0 fully saturated rings. The summed E-state index contributed by atoms with van der Waals surface area (Å²) < 4.78 is 5.10. The van der Waals surface area contributed by atoms with Crippen molar-refractivity contribution in [3.8, 4) is 0 Å². The summed E-state index contributed by atoms with van der Waals surface area (Å²) in [5, 5.41) is 2.79. The van der Waals surface area contributed by atoms with Gasteiger partial charge in [-0.25, -0.2) is 4.79 Å². The number of rotatable bonds is 8. The Morgan fingerprint density at radius 3 is 2.00 bits per heavy atom. The number of nitrogens with one attached hydrogen (secondary N) is 1. The molecule has 2 aromatic rings. The minimum absolute atomic E-state index is 0.252. The number of hydrogen-bond acceptors (Lipinski definition) is 3. The van der Waals surface area contributed by atoms with Crippen molar-refractivity contribution < 1.29 is 20.1 Å². The molecule has 1 amide bonds. The standard InChI is InChI=1S/C20H24N2O3/c1-2-25-20(24)18(14-16-11-7-4-8-12-16)22-19(23)17(21)13-15-9-5-3-6-10-15/h3-12,17-18H,2,13-14,21H2,1H3,(H,22,23)/p+1. The average Bonchev–Trinajstić information content (AvgIpc) is 2.63. The number of carbonyl (C=O) groups excluding carboxylic acids is 2. The van der Waals surface area contributed by atoms with Gasteiger partial charge in [-0.2, -0.15) is 0 Å². The highest BCUT2D eigenvalue weighted by Gasteiger charge is 2.26. The fourth-order valence-corrected chi connectivity index (χ4v) is 2.57. The second kappa shape index (κ2) is 9.59. The van der Waals surface area contributed by atoms with Gasteiger partial charge < -0.3 is 15.8 Å². The number of amides is 1. The van der Waals surface area contributed by atoms with Gasteiger partial charge in [-0.3, -0.25) is 4.79 Å². The van der Waals surface area contributed by atoms with Gasteiger partial charge in [0.15, 0.2) is 6.04 Å². The van der Waals surface area contributed by atoms with Gasteiger partial charge in [0.1, 0.15) is 6.04 Å². The zero-order valence-electron chi connectivity index (χ0n) is 14.5. The lowest BCUT2D eigenvalue weighted by Crippen LogP contribution is -2.69. The third-order valence-corrected chi connectivity index (χ3v) is 3.87. The first-order valence-electron chi connectivity index (χ1n) is 8.48. The number of carbonyl (C=O) groups is 2. The number of benzene rings is 2. The second-order valence-electron chi connectivity index (χ2n) is 5.89. The number of hydrogen-bond donors (Lipinski definition) is 2. The van der Waals surface area contributed by atoms with Gasteiger partial charge in [-0.1, -0.05) is 60.7 Å². The Hall–Kier alpha value is -2.66. The predicted octanol–water partition coefficient (Wildman–Crippen LogP) is 1.13. The van der Waals surface area contributed by atoms with Crippen LogP contribution in [-0.2, 0) is 27.2 Å². The maximum absolute atomic E-state index is 12.5. The molecule has 132 valence electrons. The Morgan fingerprint density at radius 2 is 1.48 bits per heavy atom. The van der Waals surface area contributed by atoms with E-state index in [2.05, 4.69) is 11.1 Å². The van der Waals surface area contributed by atoms with E-state index >= 15 is 0 Å². The molecule has 0 saturated heterocycles. The van der Waals surface area contributed by atoms with E-state index in [0.29, 0.717) is 12.8 Å². The van der Waals surface area contributed by atoms with Crippen molar-refractivity contribution in [2.75, 3.05) is 6.61 Å². The number of ether oxygens (including phenoxy) is 1. The average molecular weight is 341 g/mol. The zero-order chi connectivity index (χ0) is 18.1. The molecule has 2 unspecified atom stereocenters. The maximum atomic E-state index is 12.5. The van der Waals surface area contributed by atoms with E-state index in [4.69, 9.17) is 4.74 Å². The van der Waals surface area contributed by atoms with Crippen molar-refractivity contribution in [3.05, 3.63) is 71.8 Å².